The summed E-state index contributed by atoms with van der Waals surface area (Å²) >= 11 is 5.97. The maximum absolute atomic E-state index is 11.8. The van der Waals surface area contributed by atoms with Gasteiger partial charge in [-0.2, -0.15) is 0 Å². The molecule has 0 aromatic carbocycles. The summed E-state index contributed by atoms with van der Waals surface area (Å²) in [7, 11) is 1.44. The molecule has 0 heterocycles. The van der Waals surface area contributed by atoms with E-state index in [1.54, 1.807) is 0 Å². The van der Waals surface area contributed by atoms with E-state index in [-0.39, 0.29) is 16.8 Å². The Morgan fingerprint density at radius 2 is 1.62 bits per heavy atom. The van der Waals surface area contributed by atoms with Crippen molar-refractivity contribution < 1.29 is 14.7 Å². The van der Waals surface area contributed by atoms with Gasteiger partial charge in [-0.1, -0.05) is 16.8 Å². The molecule has 0 unspecified atom stereocenters. The number of rotatable bonds is 2. The number of methoxy groups -OCH3 is 1. The number of halogens is 1. The molecular weight excluding hydrogens is 230 g/mol. The van der Waals surface area contributed by atoms with Crippen LogP contribution in [-0.2, 0) is 9.53 Å². The maximum Gasteiger partial charge on any atom is 0.311 e. The molecule has 0 spiro atoms. The Hall–Kier alpha value is -0.770. The van der Waals surface area contributed by atoms with Crippen LogP contribution in [0.2, 0.25) is 0 Å². The normalized spacial score (nSPS) is 38.5. The van der Waals surface area contributed by atoms with Crippen LogP contribution in [0.5, 0.6) is 0 Å². The van der Waals surface area contributed by atoms with Gasteiger partial charge in [0.25, 0.3) is 0 Å². The summed E-state index contributed by atoms with van der Waals surface area (Å²) < 4.78 is 4.88. The molecule has 3 aliphatic carbocycles. The van der Waals surface area contributed by atoms with Gasteiger partial charge in [0.1, 0.15) is 0 Å². The third-order valence-corrected chi connectivity index (χ3v) is 4.87. The second-order valence-corrected chi connectivity index (χ2v) is 5.30. The van der Waals surface area contributed by atoms with Crippen molar-refractivity contribution in [3.8, 4) is 0 Å². The average Bonchev–Trinajstić information content (AvgIpc) is 2.38. The van der Waals surface area contributed by atoms with Crippen molar-refractivity contribution >= 4 is 22.7 Å². The zero-order chi connectivity index (χ0) is 11.8. The highest BCUT2D eigenvalue weighted by atomic mass is 35.5. The molecule has 3 aliphatic rings. The Morgan fingerprint density at radius 3 is 2.00 bits per heavy atom. The Balaban J connectivity index is 2.18. The van der Waals surface area contributed by atoms with Crippen LogP contribution < -0.4 is 0 Å². The van der Waals surface area contributed by atoms with E-state index in [1.807, 2.05) is 0 Å². The van der Waals surface area contributed by atoms with Gasteiger partial charge >= 0.3 is 5.97 Å². The summed E-state index contributed by atoms with van der Waals surface area (Å²) in [5.41, 5.74) is -0.491. The Labute approximate surface area is 99.6 Å². The van der Waals surface area contributed by atoms with Gasteiger partial charge in [-0.3, -0.25) is 4.79 Å². The van der Waals surface area contributed by atoms with E-state index in [4.69, 9.17) is 21.5 Å². The molecule has 5 heteroatoms. The standard InChI is InChI=1S/C11H16ClNO3/c1-16-9(14)11-5-2-10(3-6-11,4-7-11)8(12)13-15/h15H,2-7H2,1H3/b13-8-. The van der Waals surface area contributed by atoms with Crippen LogP contribution >= 0.6 is 11.6 Å². The summed E-state index contributed by atoms with van der Waals surface area (Å²) in [5, 5.41) is 12.2. The molecule has 4 nitrogen and oxygen atoms in total. The van der Waals surface area contributed by atoms with Gasteiger partial charge in [0, 0.05) is 5.41 Å². The molecule has 3 fully saturated rings. The van der Waals surface area contributed by atoms with Crippen LogP contribution in [0.15, 0.2) is 5.16 Å². The molecule has 90 valence electrons. The fourth-order valence-corrected chi connectivity index (χ4v) is 3.41. The molecule has 0 radical (unpaired) electrons. The van der Waals surface area contributed by atoms with Crippen molar-refractivity contribution in [1.82, 2.24) is 0 Å². The van der Waals surface area contributed by atoms with Gasteiger partial charge in [0.05, 0.1) is 12.5 Å². The number of fused-ring (bicyclic) bond motifs is 3. The summed E-state index contributed by atoms with van der Waals surface area (Å²) in [6.45, 7) is 0. The topological polar surface area (TPSA) is 58.9 Å². The molecule has 0 aromatic rings. The van der Waals surface area contributed by atoms with Gasteiger partial charge < -0.3 is 9.94 Å². The zero-order valence-electron chi connectivity index (χ0n) is 9.33. The fourth-order valence-electron chi connectivity index (χ4n) is 3.12. The average molecular weight is 246 g/mol. The van der Waals surface area contributed by atoms with Crippen LogP contribution in [0.3, 0.4) is 0 Å². The van der Waals surface area contributed by atoms with Gasteiger partial charge in [-0.15, -0.1) is 0 Å². The number of carbonyl (C=O) groups is 1. The van der Waals surface area contributed by atoms with Crippen molar-refractivity contribution in [3.05, 3.63) is 0 Å². The van der Waals surface area contributed by atoms with Crippen LogP contribution in [0.25, 0.3) is 0 Å². The number of hydrogen-bond donors (Lipinski definition) is 1. The SMILES string of the molecule is COC(=O)C12CCC(/C(Cl)=N/O)(CC1)CC2. The van der Waals surface area contributed by atoms with Gasteiger partial charge in [0.2, 0.25) is 0 Å². The summed E-state index contributed by atoms with van der Waals surface area (Å²) in [6, 6.07) is 0. The highest BCUT2D eigenvalue weighted by molar-refractivity contribution is 6.66. The first-order valence-corrected chi connectivity index (χ1v) is 5.93. The minimum atomic E-state index is -0.302. The van der Waals surface area contributed by atoms with E-state index in [1.165, 1.54) is 7.11 Å². The first-order chi connectivity index (χ1) is 7.58. The van der Waals surface area contributed by atoms with Crippen molar-refractivity contribution in [3.63, 3.8) is 0 Å². The molecule has 0 aliphatic heterocycles. The Morgan fingerprint density at radius 1 is 1.19 bits per heavy atom. The highest BCUT2D eigenvalue weighted by Gasteiger charge is 2.54. The van der Waals surface area contributed by atoms with Crippen molar-refractivity contribution in [1.29, 1.82) is 0 Å². The third kappa shape index (κ3) is 1.51. The van der Waals surface area contributed by atoms with Gasteiger partial charge in [-0.05, 0) is 38.5 Å². The summed E-state index contributed by atoms with van der Waals surface area (Å²) in [6.07, 6.45) is 4.78. The predicted octanol–water partition coefficient (Wildman–Crippen LogP) is 2.53. The minimum absolute atomic E-state index is 0.0992. The number of hydrogen-bond acceptors (Lipinski definition) is 4. The maximum atomic E-state index is 11.8. The smallest absolute Gasteiger partial charge is 0.311 e. The quantitative estimate of drug-likeness (QED) is 0.352. The van der Waals surface area contributed by atoms with E-state index < -0.39 is 0 Å². The van der Waals surface area contributed by atoms with E-state index in [0.29, 0.717) is 5.17 Å². The molecule has 0 atom stereocenters. The van der Waals surface area contributed by atoms with Crippen LogP contribution in [0.1, 0.15) is 38.5 Å². The van der Waals surface area contributed by atoms with Gasteiger partial charge in [-0.25, -0.2) is 0 Å². The molecule has 16 heavy (non-hydrogen) atoms. The van der Waals surface area contributed by atoms with Crippen molar-refractivity contribution in [2.45, 2.75) is 38.5 Å². The second kappa shape index (κ2) is 3.91. The molecular formula is C11H16ClNO3. The molecule has 2 bridgehead atoms. The largest absolute Gasteiger partial charge is 0.469 e. The lowest BCUT2D eigenvalue weighted by molar-refractivity contribution is -0.160. The molecule has 0 amide bonds. The molecule has 3 rings (SSSR count). The lowest BCUT2D eigenvalue weighted by Crippen LogP contribution is -2.48. The van der Waals surface area contributed by atoms with E-state index in [9.17, 15) is 4.79 Å². The summed E-state index contributed by atoms with van der Waals surface area (Å²) in [4.78, 5) is 11.8. The molecule has 1 N–H and O–H groups in total. The first-order valence-electron chi connectivity index (χ1n) is 5.55. The predicted molar refractivity (Wildman–Crippen MR) is 59.7 cm³/mol. The Kier molecular flexibility index (Phi) is 2.86. The third-order valence-electron chi connectivity index (χ3n) is 4.39. The van der Waals surface area contributed by atoms with Gasteiger partial charge in [0.15, 0.2) is 5.17 Å². The monoisotopic (exact) mass is 245 g/mol. The molecule has 0 saturated heterocycles. The van der Waals surface area contributed by atoms with E-state index >= 15 is 0 Å². The highest BCUT2D eigenvalue weighted by Crippen LogP contribution is 2.58. The fraction of sp³-hybridized carbons (Fsp3) is 0.818. The molecule has 3 saturated carbocycles. The number of carbonyl (C=O) groups excluding carboxylic acids is 1. The minimum Gasteiger partial charge on any atom is -0.469 e. The van der Waals surface area contributed by atoms with E-state index in [0.717, 1.165) is 38.5 Å². The second-order valence-electron chi connectivity index (χ2n) is 4.94. The lowest BCUT2D eigenvalue weighted by Gasteiger charge is -2.50. The Bertz CT molecular complexity index is 316. The molecule has 0 aromatic heterocycles. The number of esters is 1. The van der Waals surface area contributed by atoms with Crippen LogP contribution in [-0.4, -0.2) is 23.5 Å². The number of ether oxygens (including phenoxy) is 1. The van der Waals surface area contributed by atoms with Crippen LogP contribution in [0.4, 0.5) is 0 Å². The number of oxime groups is 1. The van der Waals surface area contributed by atoms with Crippen LogP contribution in [0, 0.1) is 10.8 Å². The number of nitrogens with zero attached hydrogens (tertiary/aromatic N) is 1. The van der Waals surface area contributed by atoms with E-state index in [2.05, 4.69) is 5.16 Å². The first kappa shape index (κ1) is 11.7. The summed E-state index contributed by atoms with van der Waals surface area (Å²) in [5.74, 6) is -0.0992. The van der Waals surface area contributed by atoms with Crippen molar-refractivity contribution in [2.24, 2.45) is 16.0 Å². The van der Waals surface area contributed by atoms with Crippen molar-refractivity contribution in [2.75, 3.05) is 7.11 Å². The lowest BCUT2D eigenvalue weighted by atomic mass is 9.54. The zero-order valence-corrected chi connectivity index (χ0v) is 10.1.